The fourth-order valence-corrected chi connectivity index (χ4v) is 5.47. The first kappa shape index (κ1) is 20.6. The van der Waals surface area contributed by atoms with Crippen LogP contribution in [0, 0.1) is 18.7 Å². The lowest BCUT2D eigenvalue weighted by atomic mass is 9.89. The Balaban J connectivity index is 1.59. The van der Waals surface area contributed by atoms with E-state index in [4.69, 9.17) is 0 Å². The second kappa shape index (κ2) is 8.20. The molecule has 2 aromatic carbocycles. The zero-order valence-electron chi connectivity index (χ0n) is 17.0. The lowest BCUT2D eigenvalue weighted by Gasteiger charge is -2.20. The predicted molar refractivity (Wildman–Crippen MR) is 114 cm³/mol. The fourth-order valence-electron chi connectivity index (χ4n) is 3.98. The maximum atomic E-state index is 13.4. The number of benzene rings is 2. The summed E-state index contributed by atoms with van der Waals surface area (Å²) in [6, 6.07) is 14.4. The summed E-state index contributed by atoms with van der Waals surface area (Å²) >= 11 is 0. The van der Waals surface area contributed by atoms with Gasteiger partial charge in [-0.15, -0.1) is 0 Å². The summed E-state index contributed by atoms with van der Waals surface area (Å²) in [6.07, 6.45) is 3.00. The average Bonchev–Trinajstić information content (AvgIpc) is 3.34. The molecule has 6 nitrogen and oxygen atoms in total. The Hall–Kier alpha value is -2.71. The van der Waals surface area contributed by atoms with E-state index in [1.807, 2.05) is 25.1 Å². The first-order valence-electron chi connectivity index (χ1n) is 9.87. The van der Waals surface area contributed by atoms with Crippen LogP contribution in [0.4, 0.5) is 10.1 Å². The highest BCUT2D eigenvalue weighted by Crippen LogP contribution is 2.35. The highest BCUT2D eigenvalue weighted by atomic mass is 32.2. The van der Waals surface area contributed by atoms with Crippen molar-refractivity contribution in [2.75, 3.05) is 25.0 Å². The van der Waals surface area contributed by atoms with Crippen LogP contribution in [0.15, 0.2) is 66.1 Å². The molecule has 1 N–H and O–H groups in total. The van der Waals surface area contributed by atoms with E-state index in [2.05, 4.69) is 16.4 Å². The zero-order valence-corrected chi connectivity index (χ0v) is 17.8. The topological polar surface area (TPSA) is 67.2 Å². The molecule has 3 aromatic rings. The van der Waals surface area contributed by atoms with Gasteiger partial charge in [0.25, 0.3) is 10.0 Å². The maximum absolute atomic E-state index is 13.4. The minimum absolute atomic E-state index is 0.0365. The molecule has 0 bridgehead atoms. The smallest absolute Gasteiger partial charge is 0.262 e. The van der Waals surface area contributed by atoms with E-state index >= 15 is 0 Å². The Kier molecular flexibility index (Phi) is 5.62. The Morgan fingerprint density at radius 3 is 2.60 bits per heavy atom. The van der Waals surface area contributed by atoms with Crippen molar-refractivity contribution in [1.29, 1.82) is 0 Å². The van der Waals surface area contributed by atoms with E-state index in [0.29, 0.717) is 19.6 Å². The van der Waals surface area contributed by atoms with Gasteiger partial charge in [-0.2, -0.15) is 4.31 Å². The van der Waals surface area contributed by atoms with Crippen molar-refractivity contribution in [3.05, 3.63) is 78.0 Å². The molecule has 2 atom stereocenters. The number of hydrogen-bond donors (Lipinski definition) is 1. The minimum atomic E-state index is -3.69. The summed E-state index contributed by atoms with van der Waals surface area (Å²) in [5.41, 5.74) is 3.09. The Morgan fingerprint density at radius 1 is 1.17 bits per heavy atom. The summed E-state index contributed by atoms with van der Waals surface area (Å²) in [7, 11) is -1.95. The second-order valence-corrected chi connectivity index (χ2v) is 9.75. The van der Waals surface area contributed by atoms with Crippen LogP contribution in [0.2, 0.25) is 0 Å². The molecule has 0 amide bonds. The summed E-state index contributed by atoms with van der Waals surface area (Å²) in [5, 5.41) is 3.49. The Morgan fingerprint density at radius 2 is 1.93 bits per heavy atom. The van der Waals surface area contributed by atoms with Crippen LogP contribution in [0.25, 0.3) is 0 Å². The van der Waals surface area contributed by atoms with Crippen molar-refractivity contribution in [2.24, 2.45) is 13.0 Å². The molecule has 8 heteroatoms. The number of aromatic nitrogens is 2. The maximum Gasteiger partial charge on any atom is 0.262 e. The summed E-state index contributed by atoms with van der Waals surface area (Å²) in [4.78, 5) is 4.04. The highest BCUT2D eigenvalue weighted by molar-refractivity contribution is 7.89. The monoisotopic (exact) mass is 428 g/mol. The largest absolute Gasteiger partial charge is 0.385 e. The predicted octanol–water partition coefficient (Wildman–Crippen LogP) is 3.38. The molecule has 0 radical (unpaired) electrons. The van der Waals surface area contributed by atoms with Crippen LogP contribution in [-0.4, -0.2) is 41.9 Å². The van der Waals surface area contributed by atoms with E-state index < -0.39 is 10.0 Å². The van der Waals surface area contributed by atoms with Gasteiger partial charge in [-0.3, -0.25) is 0 Å². The number of aryl methyl sites for hydroxylation is 2. The molecule has 30 heavy (non-hydrogen) atoms. The van der Waals surface area contributed by atoms with Crippen molar-refractivity contribution in [3.8, 4) is 0 Å². The van der Waals surface area contributed by atoms with Crippen molar-refractivity contribution in [3.63, 3.8) is 0 Å². The number of imidazole rings is 1. The van der Waals surface area contributed by atoms with Gasteiger partial charge in [-0.05, 0) is 48.2 Å². The molecule has 1 aliphatic heterocycles. The first-order chi connectivity index (χ1) is 14.3. The summed E-state index contributed by atoms with van der Waals surface area (Å²) < 4.78 is 42.8. The number of nitrogens with one attached hydrogen (secondary N) is 1. The number of hydrogen-bond acceptors (Lipinski definition) is 4. The van der Waals surface area contributed by atoms with Crippen molar-refractivity contribution in [2.45, 2.75) is 17.9 Å². The summed E-state index contributed by atoms with van der Waals surface area (Å²) in [5.74, 6) is -0.306. The molecule has 0 aliphatic carbocycles. The van der Waals surface area contributed by atoms with Crippen LogP contribution in [0.5, 0.6) is 0 Å². The van der Waals surface area contributed by atoms with Gasteiger partial charge in [-0.25, -0.2) is 17.8 Å². The van der Waals surface area contributed by atoms with Crippen molar-refractivity contribution in [1.82, 2.24) is 13.9 Å². The molecular weight excluding hydrogens is 403 g/mol. The van der Waals surface area contributed by atoms with Gasteiger partial charge in [0, 0.05) is 44.5 Å². The lowest BCUT2D eigenvalue weighted by molar-refractivity contribution is 0.459. The quantitative estimate of drug-likeness (QED) is 0.654. The molecule has 4 rings (SSSR count). The van der Waals surface area contributed by atoms with E-state index in [1.54, 1.807) is 23.7 Å². The third-order valence-corrected chi connectivity index (χ3v) is 7.29. The van der Waals surface area contributed by atoms with Crippen molar-refractivity contribution < 1.29 is 12.8 Å². The van der Waals surface area contributed by atoms with Gasteiger partial charge in [0.15, 0.2) is 5.03 Å². The molecule has 1 aliphatic rings. The third kappa shape index (κ3) is 4.24. The van der Waals surface area contributed by atoms with E-state index in [1.165, 1.54) is 29.0 Å². The van der Waals surface area contributed by atoms with E-state index in [9.17, 15) is 12.8 Å². The number of rotatable bonds is 6. The van der Waals surface area contributed by atoms with E-state index in [0.717, 1.165) is 16.8 Å². The Labute approximate surface area is 176 Å². The molecule has 1 fully saturated rings. The second-order valence-electron chi connectivity index (χ2n) is 7.87. The van der Waals surface area contributed by atoms with Gasteiger partial charge < -0.3 is 9.88 Å². The molecule has 0 unspecified atom stereocenters. The fraction of sp³-hybridized carbons (Fsp3) is 0.318. The van der Waals surface area contributed by atoms with Gasteiger partial charge in [-0.1, -0.05) is 24.3 Å². The minimum Gasteiger partial charge on any atom is -0.385 e. The van der Waals surface area contributed by atoms with Crippen LogP contribution in [0.1, 0.15) is 17.0 Å². The SMILES string of the molecule is Cc1cccc(NC[C@H]2CN(S(=O)(=O)c3cn(C)cn3)C[C@@H]2c2ccc(F)cc2)c1. The third-order valence-electron chi connectivity index (χ3n) is 5.58. The van der Waals surface area contributed by atoms with Crippen molar-refractivity contribution >= 4 is 15.7 Å². The van der Waals surface area contributed by atoms with Crippen LogP contribution >= 0.6 is 0 Å². The number of sulfonamides is 1. The molecule has 2 heterocycles. The van der Waals surface area contributed by atoms with Crippen LogP contribution in [0.3, 0.4) is 0 Å². The molecular formula is C22H25FN4O2S. The molecule has 0 saturated carbocycles. The molecule has 1 aromatic heterocycles. The van der Waals surface area contributed by atoms with Gasteiger partial charge in [0.2, 0.25) is 0 Å². The molecule has 0 spiro atoms. The first-order valence-corrected chi connectivity index (χ1v) is 11.3. The average molecular weight is 429 g/mol. The zero-order chi connectivity index (χ0) is 21.3. The highest BCUT2D eigenvalue weighted by Gasteiger charge is 2.40. The van der Waals surface area contributed by atoms with Crippen LogP contribution < -0.4 is 5.32 Å². The van der Waals surface area contributed by atoms with Gasteiger partial charge in [0.05, 0.1) is 6.33 Å². The number of nitrogens with zero attached hydrogens (tertiary/aromatic N) is 3. The number of anilines is 1. The lowest BCUT2D eigenvalue weighted by Crippen LogP contribution is -2.30. The van der Waals surface area contributed by atoms with Crippen LogP contribution in [-0.2, 0) is 17.1 Å². The summed E-state index contributed by atoms with van der Waals surface area (Å²) in [6.45, 7) is 3.35. The van der Waals surface area contributed by atoms with Gasteiger partial charge in [0.1, 0.15) is 5.82 Å². The van der Waals surface area contributed by atoms with E-state index in [-0.39, 0.29) is 22.7 Å². The molecule has 158 valence electrons. The number of halogens is 1. The normalized spacial score (nSPS) is 19.8. The van der Waals surface area contributed by atoms with Gasteiger partial charge >= 0.3 is 0 Å². The molecule has 1 saturated heterocycles. The Bertz CT molecular complexity index is 1130. The standard InChI is InChI=1S/C22H25FN4O2S/c1-16-4-3-5-20(10-16)24-11-18-12-27(30(28,29)22-14-26(2)15-25-22)13-21(18)17-6-8-19(23)9-7-17/h3-10,14-15,18,21,24H,11-13H2,1-2H3/t18-,21+/m0/s1.